The summed E-state index contributed by atoms with van der Waals surface area (Å²) in [6, 6.07) is 0. The number of rotatable bonds is 11. The second kappa shape index (κ2) is 45.2. The van der Waals surface area contributed by atoms with Crippen molar-refractivity contribution >= 4 is 0 Å². The standard InChI is InChI=1S/C8H17N.C7H14O.2C7H14.C6H12.C4H6/c1-8(2)6-5-7-9(3)4;1-7(2)5-4-6-8-3;2*1-4-5-6-7(2)3;1-5(2)6(3)4;1-3-4-2/h5-6,8H,7H2,1-4H3;4-5,7H,6H2,1-3H3;2*5-7H,4H2,1-3H3;6H,1H2,2-4H3;1-2H3/b6-5+;5-4+;2*6-5+;;. The zero-order chi connectivity index (χ0) is 33.6. The Morgan fingerprint density at radius 1 is 0.659 bits per heavy atom. The van der Waals surface area contributed by atoms with Crippen LogP contribution >= 0.6 is 0 Å². The fraction of sp³-hybridized carbons (Fsp3) is 0.692. The Hall–Kier alpha value is -1.82. The molecule has 2 nitrogen and oxygen atoms in total. The molecule has 41 heavy (non-hydrogen) atoms. The molecule has 0 aromatic carbocycles. The molecular weight excluding hydrogens is 498 g/mol. The first-order valence-electron chi connectivity index (χ1n) is 15.8. The van der Waals surface area contributed by atoms with Gasteiger partial charge in [-0.15, -0.1) is 11.8 Å². The maximum Gasteiger partial charge on any atom is 0.0643 e. The molecule has 0 fully saturated rings. The smallest absolute Gasteiger partial charge is 0.0643 e. The third kappa shape index (κ3) is 102. The fourth-order valence-corrected chi connectivity index (χ4v) is 1.78. The Kier molecular flexibility index (Phi) is 57.2. The second-order valence-electron chi connectivity index (χ2n) is 11.7. The summed E-state index contributed by atoms with van der Waals surface area (Å²) in [5.41, 5.74) is 1.26. The maximum absolute atomic E-state index is 4.81. The van der Waals surface area contributed by atoms with E-state index >= 15 is 0 Å². The Morgan fingerprint density at radius 3 is 1.12 bits per heavy atom. The van der Waals surface area contributed by atoms with Gasteiger partial charge in [-0.05, 0) is 77.3 Å². The van der Waals surface area contributed by atoms with Crippen LogP contribution in [0.25, 0.3) is 0 Å². The van der Waals surface area contributed by atoms with Crippen LogP contribution in [0.4, 0.5) is 0 Å². The van der Waals surface area contributed by atoms with Crippen molar-refractivity contribution in [3.05, 3.63) is 60.8 Å². The Balaban J connectivity index is -0.0000000909. The quantitative estimate of drug-likeness (QED) is 0.179. The van der Waals surface area contributed by atoms with E-state index in [9.17, 15) is 0 Å². The molecule has 0 unspecified atom stereocenters. The van der Waals surface area contributed by atoms with E-state index in [4.69, 9.17) is 4.74 Å². The van der Waals surface area contributed by atoms with Gasteiger partial charge in [-0.25, -0.2) is 0 Å². The lowest BCUT2D eigenvalue weighted by atomic mass is 10.1. The lowest BCUT2D eigenvalue weighted by Gasteiger charge is -2.03. The first-order valence-corrected chi connectivity index (χ1v) is 15.8. The van der Waals surface area contributed by atoms with Gasteiger partial charge in [0.2, 0.25) is 0 Å². The van der Waals surface area contributed by atoms with E-state index in [1.54, 1.807) is 7.11 Å². The highest BCUT2D eigenvalue weighted by molar-refractivity contribution is 4.91. The monoisotopic (exact) mass is 576 g/mol. The summed E-state index contributed by atoms with van der Waals surface area (Å²) in [6.07, 6.45) is 19.8. The molecule has 0 radical (unpaired) electrons. The van der Waals surface area contributed by atoms with Crippen molar-refractivity contribution in [3.8, 4) is 11.8 Å². The van der Waals surface area contributed by atoms with Gasteiger partial charge >= 0.3 is 0 Å². The van der Waals surface area contributed by atoms with Gasteiger partial charge < -0.3 is 9.64 Å². The summed E-state index contributed by atoms with van der Waals surface area (Å²) < 4.78 is 4.81. The Morgan fingerprint density at radius 2 is 0.951 bits per heavy atom. The molecule has 244 valence electrons. The lowest BCUT2D eigenvalue weighted by Crippen LogP contribution is -2.10. The average Bonchev–Trinajstić information content (AvgIpc) is 2.87. The SMILES string of the molecule is C=C(C)C(C)C.CC#CC.CC(C)/C=C/CN(C)C.CC/C=C/C(C)C.CC/C=C/C(C)C.COC/C=C/C(C)C. The largest absolute Gasteiger partial charge is 0.381 e. The molecule has 0 N–H and O–H groups in total. The van der Waals surface area contributed by atoms with Gasteiger partial charge in [-0.3, -0.25) is 0 Å². The van der Waals surface area contributed by atoms with Crippen molar-refractivity contribution in [3.63, 3.8) is 0 Å². The number of allylic oxidation sites excluding steroid dienone is 7. The summed E-state index contributed by atoms with van der Waals surface area (Å²) in [5.74, 6) is 8.79. The van der Waals surface area contributed by atoms with Crippen molar-refractivity contribution in [2.45, 2.75) is 117 Å². The van der Waals surface area contributed by atoms with Gasteiger partial charge in [-0.2, -0.15) is 0 Å². The summed E-state index contributed by atoms with van der Waals surface area (Å²) in [5, 5.41) is 0. The number of hydrogen-bond donors (Lipinski definition) is 0. The third-order valence-electron chi connectivity index (χ3n) is 4.52. The van der Waals surface area contributed by atoms with Crippen LogP contribution in [0.1, 0.15) is 117 Å². The molecule has 0 rings (SSSR count). The zero-order valence-electron chi connectivity index (χ0n) is 31.4. The van der Waals surface area contributed by atoms with Crippen LogP contribution in [0.5, 0.6) is 0 Å². The van der Waals surface area contributed by atoms with Crippen LogP contribution in [-0.2, 0) is 4.74 Å². The maximum atomic E-state index is 4.81. The van der Waals surface area contributed by atoms with Crippen LogP contribution in [-0.4, -0.2) is 39.3 Å². The summed E-state index contributed by atoms with van der Waals surface area (Å²) in [7, 11) is 5.85. The Labute approximate surface area is 262 Å². The third-order valence-corrected chi connectivity index (χ3v) is 4.52. The van der Waals surface area contributed by atoms with Crippen molar-refractivity contribution < 1.29 is 4.74 Å². The van der Waals surface area contributed by atoms with Crippen molar-refractivity contribution in [1.82, 2.24) is 4.90 Å². The van der Waals surface area contributed by atoms with Crippen molar-refractivity contribution in [2.24, 2.45) is 29.6 Å². The summed E-state index contributed by atoms with van der Waals surface area (Å²) in [4.78, 5) is 2.15. The summed E-state index contributed by atoms with van der Waals surface area (Å²) in [6.45, 7) is 37.2. The van der Waals surface area contributed by atoms with Gasteiger partial charge in [0.1, 0.15) is 0 Å². The molecule has 0 aliphatic rings. The molecule has 0 amide bonds. The van der Waals surface area contributed by atoms with Crippen LogP contribution < -0.4 is 0 Å². The lowest BCUT2D eigenvalue weighted by molar-refractivity contribution is 0.233. The minimum absolute atomic E-state index is 0.644. The predicted molar refractivity (Wildman–Crippen MR) is 196 cm³/mol. The van der Waals surface area contributed by atoms with Crippen LogP contribution in [0.15, 0.2) is 60.8 Å². The minimum atomic E-state index is 0.644. The van der Waals surface area contributed by atoms with Gasteiger partial charge in [-0.1, -0.05) is 144 Å². The molecular formula is C39H77NO. The molecule has 0 saturated heterocycles. The van der Waals surface area contributed by atoms with E-state index in [0.717, 1.165) is 37.8 Å². The van der Waals surface area contributed by atoms with E-state index < -0.39 is 0 Å². The van der Waals surface area contributed by atoms with Crippen LogP contribution in [0.2, 0.25) is 0 Å². The molecule has 0 bridgehead atoms. The van der Waals surface area contributed by atoms with Gasteiger partial charge in [0, 0.05) is 13.7 Å². The number of likely N-dealkylation sites (N-methyl/N-ethyl adjacent to an activating group) is 1. The summed E-state index contributed by atoms with van der Waals surface area (Å²) >= 11 is 0. The highest BCUT2D eigenvalue weighted by atomic mass is 16.5. The number of nitrogens with zero attached hydrogens (tertiary/aromatic N) is 1. The number of ether oxygens (including phenoxy) is 1. The molecule has 0 spiro atoms. The van der Waals surface area contributed by atoms with E-state index in [0.29, 0.717) is 17.8 Å². The van der Waals surface area contributed by atoms with E-state index in [-0.39, 0.29) is 0 Å². The normalized spacial score (nSPS) is 10.5. The zero-order valence-corrected chi connectivity index (χ0v) is 31.4. The first-order chi connectivity index (χ1) is 19.0. The molecule has 0 aliphatic carbocycles. The number of hydrogen-bond acceptors (Lipinski definition) is 2. The van der Waals surface area contributed by atoms with Crippen LogP contribution in [0.3, 0.4) is 0 Å². The van der Waals surface area contributed by atoms with Gasteiger partial charge in [0.15, 0.2) is 0 Å². The molecule has 0 aromatic heterocycles. The molecule has 0 heterocycles. The highest BCUT2D eigenvalue weighted by Gasteiger charge is 1.87. The van der Waals surface area contributed by atoms with E-state index in [1.165, 1.54) is 5.57 Å². The van der Waals surface area contributed by atoms with Crippen molar-refractivity contribution in [2.75, 3.05) is 34.4 Å². The van der Waals surface area contributed by atoms with Gasteiger partial charge in [0.05, 0.1) is 6.61 Å². The molecule has 0 atom stereocenters. The number of methoxy groups -OCH3 is 1. The average molecular weight is 576 g/mol. The highest BCUT2D eigenvalue weighted by Crippen LogP contribution is 2.02. The first kappa shape index (κ1) is 51.9. The van der Waals surface area contributed by atoms with E-state index in [1.807, 2.05) is 26.8 Å². The van der Waals surface area contributed by atoms with Gasteiger partial charge in [0.25, 0.3) is 0 Å². The minimum Gasteiger partial charge on any atom is -0.381 e. The molecule has 0 aliphatic heterocycles. The molecule has 2 heteroatoms. The van der Waals surface area contributed by atoms with Crippen LogP contribution in [0, 0.1) is 41.4 Å². The predicted octanol–water partition coefficient (Wildman–Crippen LogP) is 12.1. The topological polar surface area (TPSA) is 12.5 Å². The fourth-order valence-electron chi connectivity index (χ4n) is 1.78. The molecule has 0 saturated carbocycles. The molecule has 0 aromatic rings. The Bertz CT molecular complexity index is 623. The van der Waals surface area contributed by atoms with Crippen molar-refractivity contribution in [1.29, 1.82) is 0 Å². The van der Waals surface area contributed by atoms with E-state index in [2.05, 4.69) is 163 Å². The second-order valence-corrected chi connectivity index (χ2v) is 11.7.